The number of aromatic nitrogens is 3. The third kappa shape index (κ3) is 4.30. The standard InChI is InChI=1S/C23H16F3N3O/c24-23(25,26)19-8-1-5-16(13-19)21-20(9-4-12-29-21)30-22(17-6-2-10-27-14-17)18-7-3-11-28-15-18/h1-15,22H. The zero-order chi connectivity index (χ0) is 21.0. The Labute approximate surface area is 171 Å². The first kappa shape index (κ1) is 19.6. The van der Waals surface area contributed by atoms with Crippen LogP contribution >= 0.6 is 0 Å². The van der Waals surface area contributed by atoms with Gasteiger partial charge in [0.05, 0.1) is 5.56 Å². The minimum Gasteiger partial charge on any atom is -0.479 e. The maximum atomic E-state index is 13.2. The lowest BCUT2D eigenvalue weighted by atomic mass is 10.0. The normalized spacial score (nSPS) is 11.5. The zero-order valence-electron chi connectivity index (χ0n) is 15.6. The third-order valence-electron chi connectivity index (χ3n) is 4.45. The van der Waals surface area contributed by atoms with Gasteiger partial charge < -0.3 is 4.74 Å². The predicted molar refractivity (Wildman–Crippen MR) is 106 cm³/mol. The van der Waals surface area contributed by atoms with Crippen LogP contribution in [0.5, 0.6) is 5.75 Å². The number of alkyl halides is 3. The summed E-state index contributed by atoms with van der Waals surface area (Å²) in [5.74, 6) is 0.356. The second kappa shape index (κ2) is 8.32. The summed E-state index contributed by atoms with van der Waals surface area (Å²) in [4.78, 5) is 12.6. The third-order valence-corrected chi connectivity index (χ3v) is 4.45. The number of halogens is 3. The summed E-state index contributed by atoms with van der Waals surface area (Å²) in [5, 5.41) is 0. The summed E-state index contributed by atoms with van der Waals surface area (Å²) >= 11 is 0. The molecule has 0 N–H and O–H groups in total. The molecule has 0 bridgehead atoms. The molecule has 4 rings (SSSR count). The second-order valence-corrected chi connectivity index (χ2v) is 6.50. The maximum Gasteiger partial charge on any atom is 0.416 e. The van der Waals surface area contributed by atoms with Crippen molar-refractivity contribution in [2.24, 2.45) is 0 Å². The average Bonchev–Trinajstić information content (AvgIpc) is 2.78. The molecule has 3 aromatic heterocycles. The van der Waals surface area contributed by atoms with E-state index < -0.39 is 17.8 Å². The first-order valence-electron chi connectivity index (χ1n) is 9.11. The summed E-state index contributed by atoms with van der Waals surface area (Å²) in [6, 6.07) is 15.7. The van der Waals surface area contributed by atoms with Crippen molar-refractivity contribution in [2.45, 2.75) is 12.3 Å². The van der Waals surface area contributed by atoms with E-state index in [1.54, 1.807) is 55.1 Å². The summed E-state index contributed by atoms with van der Waals surface area (Å²) in [6.07, 6.45) is 3.19. The SMILES string of the molecule is FC(F)(F)c1cccc(-c2ncccc2OC(c2cccnc2)c2cccnc2)c1. The quantitative estimate of drug-likeness (QED) is 0.424. The number of benzene rings is 1. The van der Waals surface area contributed by atoms with Gasteiger partial charge in [0.15, 0.2) is 6.10 Å². The van der Waals surface area contributed by atoms with Crippen molar-refractivity contribution >= 4 is 0 Å². The van der Waals surface area contributed by atoms with Gasteiger partial charge >= 0.3 is 6.18 Å². The van der Waals surface area contributed by atoms with Crippen molar-refractivity contribution < 1.29 is 17.9 Å². The predicted octanol–water partition coefficient (Wildman–Crippen LogP) is 5.73. The van der Waals surface area contributed by atoms with Crippen LogP contribution in [-0.4, -0.2) is 15.0 Å². The maximum absolute atomic E-state index is 13.2. The smallest absolute Gasteiger partial charge is 0.416 e. The van der Waals surface area contributed by atoms with E-state index in [2.05, 4.69) is 15.0 Å². The van der Waals surface area contributed by atoms with E-state index in [0.717, 1.165) is 23.3 Å². The van der Waals surface area contributed by atoms with Crippen LogP contribution in [0.1, 0.15) is 22.8 Å². The molecule has 3 heterocycles. The van der Waals surface area contributed by atoms with Crippen LogP contribution in [0.4, 0.5) is 13.2 Å². The molecule has 0 aliphatic rings. The molecule has 7 heteroatoms. The molecule has 0 radical (unpaired) electrons. The first-order valence-corrected chi connectivity index (χ1v) is 9.11. The van der Waals surface area contributed by atoms with E-state index in [-0.39, 0.29) is 0 Å². The minimum atomic E-state index is -4.44. The number of pyridine rings is 3. The molecular formula is C23H16F3N3O. The Morgan fingerprint density at radius 1 is 0.767 bits per heavy atom. The van der Waals surface area contributed by atoms with Crippen molar-refractivity contribution in [2.75, 3.05) is 0 Å². The molecular weight excluding hydrogens is 391 g/mol. The summed E-state index contributed by atoms with van der Waals surface area (Å²) < 4.78 is 45.8. The van der Waals surface area contributed by atoms with Crippen molar-refractivity contribution in [3.63, 3.8) is 0 Å². The van der Waals surface area contributed by atoms with E-state index in [4.69, 9.17) is 4.74 Å². The highest BCUT2D eigenvalue weighted by molar-refractivity contribution is 5.67. The Balaban J connectivity index is 1.76. The van der Waals surface area contributed by atoms with Crippen LogP contribution < -0.4 is 4.74 Å². The lowest BCUT2D eigenvalue weighted by Gasteiger charge is -2.21. The molecule has 0 saturated carbocycles. The Bertz CT molecular complexity index is 1080. The van der Waals surface area contributed by atoms with Gasteiger partial charge in [0.1, 0.15) is 11.4 Å². The number of hydrogen-bond acceptors (Lipinski definition) is 4. The molecule has 0 saturated heterocycles. The summed E-state index contributed by atoms with van der Waals surface area (Å²) in [7, 11) is 0. The van der Waals surface area contributed by atoms with Gasteiger partial charge in [-0.3, -0.25) is 15.0 Å². The van der Waals surface area contributed by atoms with Crippen molar-refractivity contribution in [1.29, 1.82) is 0 Å². The molecule has 1 aromatic carbocycles. The van der Waals surface area contributed by atoms with Crippen LogP contribution in [0.3, 0.4) is 0 Å². The molecule has 0 atom stereocenters. The molecule has 150 valence electrons. The van der Waals surface area contributed by atoms with Gasteiger partial charge in [0.25, 0.3) is 0 Å². The molecule has 0 spiro atoms. The molecule has 0 aliphatic carbocycles. The highest BCUT2D eigenvalue weighted by Gasteiger charge is 2.31. The van der Waals surface area contributed by atoms with E-state index in [0.29, 0.717) is 17.0 Å². The van der Waals surface area contributed by atoms with Gasteiger partial charge in [0, 0.05) is 47.7 Å². The zero-order valence-corrected chi connectivity index (χ0v) is 15.6. The minimum absolute atomic E-state index is 0.316. The van der Waals surface area contributed by atoms with Crippen LogP contribution in [0, 0.1) is 0 Å². The summed E-state index contributed by atoms with van der Waals surface area (Å²) in [6.45, 7) is 0. The Morgan fingerprint density at radius 2 is 1.43 bits per heavy atom. The fraction of sp³-hybridized carbons (Fsp3) is 0.0870. The van der Waals surface area contributed by atoms with Gasteiger partial charge in [-0.15, -0.1) is 0 Å². The van der Waals surface area contributed by atoms with Gasteiger partial charge in [0.2, 0.25) is 0 Å². The van der Waals surface area contributed by atoms with E-state index in [1.807, 2.05) is 12.1 Å². The fourth-order valence-corrected chi connectivity index (χ4v) is 3.06. The molecule has 4 nitrogen and oxygen atoms in total. The molecule has 4 aromatic rings. The monoisotopic (exact) mass is 407 g/mol. The van der Waals surface area contributed by atoms with Gasteiger partial charge in [-0.2, -0.15) is 13.2 Å². The van der Waals surface area contributed by atoms with Crippen LogP contribution in [0.25, 0.3) is 11.3 Å². The van der Waals surface area contributed by atoms with Gasteiger partial charge in [-0.1, -0.05) is 24.3 Å². The summed E-state index contributed by atoms with van der Waals surface area (Å²) in [5.41, 5.74) is 1.46. The van der Waals surface area contributed by atoms with Crippen molar-refractivity contribution in [3.05, 3.63) is 108 Å². The molecule has 30 heavy (non-hydrogen) atoms. The Kier molecular flexibility index (Phi) is 5.43. The fourth-order valence-electron chi connectivity index (χ4n) is 3.06. The molecule has 0 fully saturated rings. The van der Waals surface area contributed by atoms with E-state index >= 15 is 0 Å². The van der Waals surface area contributed by atoms with Gasteiger partial charge in [-0.05, 0) is 36.4 Å². The molecule has 0 aliphatic heterocycles. The Hall–Kier alpha value is -3.74. The van der Waals surface area contributed by atoms with E-state index in [9.17, 15) is 13.2 Å². The van der Waals surface area contributed by atoms with Crippen LogP contribution in [-0.2, 0) is 6.18 Å². The molecule has 0 amide bonds. The van der Waals surface area contributed by atoms with Crippen molar-refractivity contribution in [3.8, 4) is 17.0 Å². The number of rotatable bonds is 5. The lowest BCUT2D eigenvalue weighted by Crippen LogP contribution is -2.11. The Morgan fingerprint density at radius 3 is 2.03 bits per heavy atom. The number of ether oxygens (including phenoxy) is 1. The van der Waals surface area contributed by atoms with Crippen LogP contribution in [0.15, 0.2) is 91.6 Å². The van der Waals surface area contributed by atoms with Gasteiger partial charge in [-0.25, -0.2) is 0 Å². The largest absolute Gasteiger partial charge is 0.479 e. The highest BCUT2D eigenvalue weighted by Crippen LogP contribution is 2.36. The number of nitrogens with zero attached hydrogens (tertiary/aromatic N) is 3. The van der Waals surface area contributed by atoms with Crippen molar-refractivity contribution in [1.82, 2.24) is 15.0 Å². The first-order chi connectivity index (χ1) is 14.5. The number of hydrogen-bond donors (Lipinski definition) is 0. The lowest BCUT2D eigenvalue weighted by molar-refractivity contribution is -0.137. The van der Waals surface area contributed by atoms with E-state index in [1.165, 1.54) is 12.3 Å². The van der Waals surface area contributed by atoms with Crippen LogP contribution in [0.2, 0.25) is 0 Å². The topological polar surface area (TPSA) is 47.9 Å². The highest BCUT2D eigenvalue weighted by atomic mass is 19.4. The average molecular weight is 407 g/mol. The second-order valence-electron chi connectivity index (χ2n) is 6.50. The molecule has 0 unspecified atom stereocenters.